The summed E-state index contributed by atoms with van der Waals surface area (Å²) < 4.78 is 5.98. The van der Waals surface area contributed by atoms with Gasteiger partial charge in [-0.2, -0.15) is 0 Å². The van der Waals surface area contributed by atoms with E-state index in [0.717, 1.165) is 33.5 Å². The number of aromatic amines is 1. The van der Waals surface area contributed by atoms with Crippen LogP contribution in [-0.4, -0.2) is 21.0 Å². The maximum absolute atomic E-state index is 11.5. The van der Waals surface area contributed by atoms with Crippen molar-refractivity contribution >= 4 is 17.0 Å². The molecule has 2 heterocycles. The van der Waals surface area contributed by atoms with Crippen molar-refractivity contribution in [2.24, 2.45) is 0 Å². The van der Waals surface area contributed by atoms with Gasteiger partial charge in [-0.1, -0.05) is 36.4 Å². The summed E-state index contributed by atoms with van der Waals surface area (Å²) in [5, 5.41) is 13.0. The lowest BCUT2D eigenvalue weighted by molar-refractivity contribution is 0.0696. The molecular formula is C23H19N3O3. The zero-order valence-corrected chi connectivity index (χ0v) is 15.6. The van der Waals surface area contributed by atoms with Gasteiger partial charge in [0, 0.05) is 5.56 Å². The number of carbonyl (C=O) groups is 1. The fraction of sp³-hybridized carbons (Fsp3) is 0.130. The molecule has 3 N–H and O–H groups in total. The van der Waals surface area contributed by atoms with E-state index in [-0.39, 0.29) is 11.6 Å². The number of imidazole rings is 1. The smallest absolute Gasteiger partial charge is 0.335 e. The lowest BCUT2D eigenvalue weighted by Crippen LogP contribution is -2.23. The first-order valence-corrected chi connectivity index (χ1v) is 9.44. The lowest BCUT2D eigenvalue weighted by atomic mass is 9.94. The Balaban J connectivity index is 1.54. The van der Waals surface area contributed by atoms with Crippen molar-refractivity contribution in [1.29, 1.82) is 0 Å². The average molecular weight is 385 g/mol. The summed E-state index contributed by atoms with van der Waals surface area (Å²) in [6.45, 7) is 0.947. The molecule has 0 spiro atoms. The highest BCUT2D eigenvalue weighted by molar-refractivity contribution is 5.88. The Bertz CT molecular complexity index is 1180. The van der Waals surface area contributed by atoms with Crippen LogP contribution in [0.5, 0.6) is 5.75 Å². The largest absolute Gasteiger partial charge is 0.489 e. The van der Waals surface area contributed by atoms with Gasteiger partial charge in [0.05, 0.1) is 29.2 Å². The average Bonchev–Trinajstić information content (AvgIpc) is 3.09. The number of hydrogen-bond donors (Lipinski definition) is 3. The Hall–Kier alpha value is -3.64. The highest BCUT2D eigenvalue weighted by Gasteiger charge is 2.25. The monoisotopic (exact) mass is 385 g/mol. The van der Waals surface area contributed by atoms with Crippen LogP contribution in [0.1, 0.15) is 38.9 Å². The highest BCUT2D eigenvalue weighted by atomic mass is 16.5. The first-order valence-electron chi connectivity index (χ1n) is 9.44. The maximum Gasteiger partial charge on any atom is 0.335 e. The number of benzene rings is 3. The number of rotatable bonds is 4. The van der Waals surface area contributed by atoms with E-state index in [2.05, 4.69) is 21.4 Å². The van der Waals surface area contributed by atoms with Crippen LogP contribution in [0, 0.1) is 0 Å². The van der Waals surface area contributed by atoms with Gasteiger partial charge >= 0.3 is 5.97 Å². The molecule has 0 aliphatic carbocycles. The predicted octanol–water partition coefficient (Wildman–Crippen LogP) is 4.03. The van der Waals surface area contributed by atoms with Crippen LogP contribution in [0.25, 0.3) is 11.0 Å². The molecule has 0 saturated carbocycles. The lowest BCUT2D eigenvalue weighted by Gasteiger charge is -2.20. The van der Waals surface area contributed by atoms with Gasteiger partial charge in [0.25, 0.3) is 0 Å². The Morgan fingerprint density at radius 2 is 1.93 bits per heavy atom. The SMILES string of the molecule is O=C(O)c1ccc2c(c1)C(NCc1nc3ccccc3[nH]1)c1ccccc1CO2. The van der Waals surface area contributed by atoms with Gasteiger partial charge in [-0.15, -0.1) is 0 Å². The Morgan fingerprint density at radius 1 is 1.10 bits per heavy atom. The quantitative estimate of drug-likeness (QED) is 0.494. The number of hydrogen-bond acceptors (Lipinski definition) is 4. The first-order chi connectivity index (χ1) is 14.2. The van der Waals surface area contributed by atoms with E-state index in [4.69, 9.17) is 4.74 Å². The second-order valence-corrected chi connectivity index (χ2v) is 7.06. The molecule has 5 rings (SSSR count). The van der Waals surface area contributed by atoms with Gasteiger partial charge < -0.3 is 14.8 Å². The summed E-state index contributed by atoms with van der Waals surface area (Å²) >= 11 is 0. The Labute approximate surface area is 167 Å². The second kappa shape index (κ2) is 7.07. The molecular weight excluding hydrogens is 366 g/mol. The van der Waals surface area contributed by atoms with Gasteiger partial charge in [0.1, 0.15) is 18.2 Å². The summed E-state index contributed by atoms with van der Waals surface area (Å²) in [6, 6.07) is 20.8. The minimum absolute atomic E-state index is 0.212. The first kappa shape index (κ1) is 17.5. The summed E-state index contributed by atoms with van der Waals surface area (Å²) in [5.74, 6) is 0.555. The van der Waals surface area contributed by atoms with E-state index in [1.54, 1.807) is 18.2 Å². The van der Waals surface area contributed by atoms with Crippen molar-refractivity contribution in [2.75, 3.05) is 0 Å². The number of carboxylic acid groups (broad SMARTS) is 1. The van der Waals surface area contributed by atoms with Crippen LogP contribution in [0.3, 0.4) is 0 Å². The zero-order valence-electron chi connectivity index (χ0n) is 15.6. The fourth-order valence-corrected chi connectivity index (χ4v) is 3.82. The number of nitrogens with one attached hydrogen (secondary N) is 2. The van der Waals surface area contributed by atoms with E-state index in [1.165, 1.54) is 0 Å². The zero-order chi connectivity index (χ0) is 19.8. The van der Waals surface area contributed by atoms with Crippen molar-refractivity contribution < 1.29 is 14.6 Å². The molecule has 1 aromatic heterocycles. The number of nitrogens with zero attached hydrogens (tertiary/aromatic N) is 1. The van der Waals surface area contributed by atoms with E-state index >= 15 is 0 Å². The predicted molar refractivity (Wildman–Crippen MR) is 109 cm³/mol. The molecule has 144 valence electrons. The number of aromatic nitrogens is 2. The standard InChI is InChI=1S/C23H19N3O3/c27-23(28)14-9-10-20-17(11-14)22(16-6-2-1-5-15(16)13-29-20)24-12-21-25-18-7-3-4-8-19(18)26-21/h1-11,22,24H,12-13H2,(H,25,26)(H,27,28). The van der Waals surface area contributed by atoms with E-state index in [9.17, 15) is 9.90 Å². The second-order valence-electron chi connectivity index (χ2n) is 7.06. The minimum atomic E-state index is -0.957. The molecule has 6 nitrogen and oxygen atoms in total. The third-order valence-corrected chi connectivity index (χ3v) is 5.23. The molecule has 0 radical (unpaired) electrons. The molecule has 0 bridgehead atoms. The molecule has 29 heavy (non-hydrogen) atoms. The Kier molecular flexibility index (Phi) is 4.26. The highest BCUT2D eigenvalue weighted by Crippen LogP contribution is 2.36. The van der Waals surface area contributed by atoms with Gasteiger partial charge in [-0.3, -0.25) is 5.32 Å². The number of ether oxygens (including phenoxy) is 1. The van der Waals surface area contributed by atoms with Crippen molar-refractivity contribution in [3.05, 3.63) is 94.8 Å². The number of carboxylic acids is 1. The molecule has 1 unspecified atom stereocenters. The van der Waals surface area contributed by atoms with Crippen molar-refractivity contribution in [3.63, 3.8) is 0 Å². The van der Waals surface area contributed by atoms with Gasteiger partial charge in [-0.05, 0) is 41.5 Å². The molecule has 3 aromatic carbocycles. The van der Waals surface area contributed by atoms with Gasteiger partial charge in [-0.25, -0.2) is 9.78 Å². The number of H-pyrrole nitrogens is 1. The summed E-state index contributed by atoms with van der Waals surface area (Å²) in [5.41, 5.74) is 5.10. The number of fused-ring (bicyclic) bond motifs is 3. The van der Waals surface area contributed by atoms with Crippen LogP contribution < -0.4 is 10.1 Å². The summed E-state index contributed by atoms with van der Waals surface area (Å²) in [4.78, 5) is 19.5. The van der Waals surface area contributed by atoms with Crippen molar-refractivity contribution in [2.45, 2.75) is 19.2 Å². The topological polar surface area (TPSA) is 87.2 Å². The summed E-state index contributed by atoms with van der Waals surface area (Å²) in [6.07, 6.45) is 0. The molecule has 0 amide bonds. The molecule has 4 aromatic rings. The van der Waals surface area contributed by atoms with Crippen LogP contribution in [-0.2, 0) is 13.2 Å². The molecule has 1 aliphatic rings. The van der Waals surface area contributed by atoms with Crippen LogP contribution in [0.15, 0.2) is 66.7 Å². The van der Waals surface area contributed by atoms with Crippen LogP contribution in [0.2, 0.25) is 0 Å². The molecule has 0 fully saturated rings. The number of para-hydroxylation sites is 2. The normalized spacial score (nSPS) is 15.2. The molecule has 6 heteroatoms. The van der Waals surface area contributed by atoms with Crippen molar-refractivity contribution in [1.82, 2.24) is 15.3 Å². The molecule has 0 saturated heterocycles. The third kappa shape index (κ3) is 3.23. The van der Waals surface area contributed by atoms with Crippen LogP contribution >= 0.6 is 0 Å². The van der Waals surface area contributed by atoms with Gasteiger partial charge in [0.2, 0.25) is 0 Å². The summed E-state index contributed by atoms with van der Waals surface area (Å²) in [7, 11) is 0. The minimum Gasteiger partial charge on any atom is -0.489 e. The number of aromatic carboxylic acids is 1. The van der Waals surface area contributed by atoms with E-state index < -0.39 is 5.97 Å². The van der Waals surface area contributed by atoms with E-state index in [1.807, 2.05) is 42.5 Å². The van der Waals surface area contributed by atoms with Crippen LogP contribution in [0.4, 0.5) is 0 Å². The molecule has 1 aliphatic heterocycles. The third-order valence-electron chi connectivity index (χ3n) is 5.23. The van der Waals surface area contributed by atoms with Crippen molar-refractivity contribution in [3.8, 4) is 5.75 Å². The molecule has 1 atom stereocenters. The van der Waals surface area contributed by atoms with Gasteiger partial charge in [0.15, 0.2) is 0 Å². The Morgan fingerprint density at radius 3 is 2.79 bits per heavy atom. The fourth-order valence-electron chi connectivity index (χ4n) is 3.82. The van der Waals surface area contributed by atoms with E-state index in [0.29, 0.717) is 18.9 Å². The maximum atomic E-state index is 11.5.